The fourth-order valence-electron chi connectivity index (χ4n) is 3.64. The van der Waals surface area contributed by atoms with E-state index in [1.807, 2.05) is 12.1 Å². The lowest BCUT2D eigenvalue weighted by molar-refractivity contribution is 0.414. The number of ether oxygens (including phenoxy) is 1. The van der Waals surface area contributed by atoms with Crippen LogP contribution in [0.4, 0.5) is 0 Å². The zero-order chi connectivity index (χ0) is 17.8. The first-order valence-corrected chi connectivity index (χ1v) is 9.00. The van der Waals surface area contributed by atoms with E-state index < -0.39 is 0 Å². The van der Waals surface area contributed by atoms with Crippen molar-refractivity contribution < 1.29 is 4.74 Å². The van der Waals surface area contributed by atoms with Crippen molar-refractivity contribution in [1.82, 2.24) is 0 Å². The Morgan fingerprint density at radius 2 is 1.38 bits per heavy atom. The second-order valence-electron chi connectivity index (χ2n) is 6.58. The maximum absolute atomic E-state index is 5.30. The van der Waals surface area contributed by atoms with Crippen LogP contribution in [0.1, 0.15) is 22.6 Å². The van der Waals surface area contributed by atoms with E-state index in [9.17, 15) is 0 Å². The summed E-state index contributed by atoms with van der Waals surface area (Å²) in [5.41, 5.74) is 4.04. The molecule has 0 fully saturated rings. The van der Waals surface area contributed by atoms with Gasteiger partial charge in [0.1, 0.15) is 5.75 Å². The lowest BCUT2D eigenvalue weighted by Gasteiger charge is -2.20. The normalized spacial score (nSPS) is 12.0. The first kappa shape index (κ1) is 16.4. The Balaban J connectivity index is 1.80. The summed E-state index contributed by atoms with van der Waals surface area (Å²) in [7, 11) is 1.71. The largest absolute Gasteiger partial charge is 0.497 e. The Bertz CT molecular complexity index is 982. The van der Waals surface area contributed by atoms with E-state index in [0.717, 1.165) is 12.2 Å². The molecule has 0 radical (unpaired) electrons. The van der Waals surface area contributed by atoms with Crippen LogP contribution in [0.15, 0.2) is 97.1 Å². The topological polar surface area (TPSA) is 9.23 Å². The van der Waals surface area contributed by atoms with Crippen molar-refractivity contribution in [3.8, 4) is 5.75 Å². The molecule has 1 unspecified atom stereocenters. The average Bonchev–Trinajstić information content (AvgIpc) is 2.73. The van der Waals surface area contributed by atoms with Crippen LogP contribution >= 0.6 is 0 Å². The van der Waals surface area contributed by atoms with E-state index in [1.165, 1.54) is 27.5 Å². The Labute approximate surface area is 154 Å². The number of rotatable bonds is 5. The van der Waals surface area contributed by atoms with Crippen molar-refractivity contribution in [1.29, 1.82) is 0 Å². The first-order chi connectivity index (χ1) is 12.8. The molecule has 0 aromatic heterocycles. The van der Waals surface area contributed by atoms with Crippen LogP contribution < -0.4 is 4.74 Å². The van der Waals surface area contributed by atoms with Gasteiger partial charge in [0.25, 0.3) is 0 Å². The Hall–Kier alpha value is -3.06. The average molecular weight is 338 g/mol. The lowest BCUT2D eigenvalue weighted by Crippen LogP contribution is -2.06. The number of hydrogen-bond donors (Lipinski definition) is 0. The molecule has 1 nitrogen and oxygen atoms in total. The van der Waals surface area contributed by atoms with Crippen molar-refractivity contribution in [3.63, 3.8) is 0 Å². The van der Waals surface area contributed by atoms with Crippen LogP contribution in [0.25, 0.3) is 10.8 Å². The van der Waals surface area contributed by atoms with Gasteiger partial charge in [0.2, 0.25) is 0 Å². The van der Waals surface area contributed by atoms with Crippen molar-refractivity contribution in [2.75, 3.05) is 7.11 Å². The van der Waals surface area contributed by atoms with Crippen molar-refractivity contribution in [2.24, 2.45) is 0 Å². The molecule has 4 aromatic carbocycles. The first-order valence-electron chi connectivity index (χ1n) is 9.00. The molecule has 26 heavy (non-hydrogen) atoms. The minimum Gasteiger partial charge on any atom is -0.497 e. The van der Waals surface area contributed by atoms with Crippen LogP contribution in [0.5, 0.6) is 5.75 Å². The second kappa shape index (κ2) is 7.45. The highest BCUT2D eigenvalue weighted by atomic mass is 16.5. The third kappa shape index (κ3) is 3.34. The molecule has 0 saturated heterocycles. The zero-order valence-electron chi connectivity index (χ0n) is 14.9. The summed E-state index contributed by atoms with van der Waals surface area (Å²) in [6.45, 7) is 0. The number of methoxy groups -OCH3 is 1. The molecule has 0 N–H and O–H groups in total. The highest BCUT2D eigenvalue weighted by Crippen LogP contribution is 2.33. The highest BCUT2D eigenvalue weighted by molar-refractivity contribution is 5.86. The fourth-order valence-corrected chi connectivity index (χ4v) is 3.64. The van der Waals surface area contributed by atoms with Gasteiger partial charge < -0.3 is 4.74 Å². The predicted octanol–water partition coefficient (Wildman–Crippen LogP) is 6.22. The maximum Gasteiger partial charge on any atom is 0.118 e. The third-order valence-electron chi connectivity index (χ3n) is 5.00. The molecule has 4 rings (SSSR count). The van der Waals surface area contributed by atoms with Gasteiger partial charge in [-0.3, -0.25) is 0 Å². The molecule has 0 amide bonds. The maximum atomic E-state index is 5.30. The standard InChI is InChI=1S/C25H22O/c1-26-22-16-14-19(15-17-22)18-25(21-8-3-2-4-9-21)24-13-7-11-20-10-5-6-12-23(20)24/h2-17,25H,18H2,1H3. The molecular formula is C25H22O. The van der Waals surface area contributed by atoms with Gasteiger partial charge in [0.05, 0.1) is 7.11 Å². The molecule has 0 spiro atoms. The van der Waals surface area contributed by atoms with E-state index in [1.54, 1.807) is 7.11 Å². The van der Waals surface area contributed by atoms with E-state index >= 15 is 0 Å². The molecule has 0 saturated carbocycles. The van der Waals surface area contributed by atoms with Crippen molar-refractivity contribution in [3.05, 3.63) is 114 Å². The van der Waals surface area contributed by atoms with Gasteiger partial charge in [0, 0.05) is 5.92 Å². The number of fused-ring (bicyclic) bond motifs is 1. The Morgan fingerprint density at radius 3 is 2.15 bits per heavy atom. The summed E-state index contributed by atoms with van der Waals surface area (Å²) < 4.78 is 5.30. The lowest BCUT2D eigenvalue weighted by atomic mass is 9.83. The van der Waals surface area contributed by atoms with Gasteiger partial charge in [-0.2, -0.15) is 0 Å². The highest BCUT2D eigenvalue weighted by Gasteiger charge is 2.17. The summed E-state index contributed by atoms with van der Waals surface area (Å²) in [6, 6.07) is 34.5. The van der Waals surface area contributed by atoms with E-state index in [4.69, 9.17) is 4.74 Å². The summed E-state index contributed by atoms with van der Waals surface area (Å²) in [6.07, 6.45) is 0.960. The van der Waals surface area contributed by atoms with E-state index in [0.29, 0.717) is 5.92 Å². The van der Waals surface area contributed by atoms with Gasteiger partial charge in [0.15, 0.2) is 0 Å². The molecule has 0 heterocycles. The minimum absolute atomic E-state index is 0.315. The number of benzene rings is 4. The third-order valence-corrected chi connectivity index (χ3v) is 5.00. The molecule has 1 atom stereocenters. The van der Waals surface area contributed by atoms with Gasteiger partial charge in [-0.25, -0.2) is 0 Å². The van der Waals surface area contributed by atoms with Crippen LogP contribution in [0.2, 0.25) is 0 Å². The van der Waals surface area contributed by atoms with Crippen molar-refractivity contribution in [2.45, 2.75) is 12.3 Å². The summed E-state index contributed by atoms with van der Waals surface area (Å²) in [5, 5.41) is 2.62. The zero-order valence-corrected chi connectivity index (χ0v) is 14.9. The van der Waals surface area contributed by atoms with Crippen LogP contribution in [0.3, 0.4) is 0 Å². The molecule has 128 valence electrons. The Kier molecular flexibility index (Phi) is 4.70. The molecule has 1 heteroatoms. The summed E-state index contributed by atoms with van der Waals surface area (Å²) in [5.74, 6) is 1.21. The molecule has 0 bridgehead atoms. The molecule has 0 aliphatic carbocycles. The van der Waals surface area contributed by atoms with Gasteiger partial charge in [-0.1, -0.05) is 84.9 Å². The second-order valence-corrected chi connectivity index (χ2v) is 6.58. The monoisotopic (exact) mass is 338 g/mol. The molecule has 4 aromatic rings. The van der Waals surface area contributed by atoms with Crippen LogP contribution in [-0.4, -0.2) is 7.11 Å². The number of hydrogen-bond acceptors (Lipinski definition) is 1. The van der Waals surface area contributed by atoms with Gasteiger partial charge in [-0.05, 0) is 46.0 Å². The SMILES string of the molecule is COc1ccc(CC(c2ccccc2)c2cccc3ccccc23)cc1. The van der Waals surface area contributed by atoms with Crippen LogP contribution in [-0.2, 0) is 6.42 Å². The van der Waals surface area contributed by atoms with Gasteiger partial charge in [-0.15, -0.1) is 0 Å². The van der Waals surface area contributed by atoms with E-state index in [2.05, 4.69) is 84.9 Å². The van der Waals surface area contributed by atoms with Crippen LogP contribution in [0, 0.1) is 0 Å². The predicted molar refractivity (Wildman–Crippen MR) is 109 cm³/mol. The van der Waals surface area contributed by atoms with Gasteiger partial charge >= 0.3 is 0 Å². The van der Waals surface area contributed by atoms with E-state index in [-0.39, 0.29) is 0 Å². The smallest absolute Gasteiger partial charge is 0.118 e. The summed E-state index contributed by atoms with van der Waals surface area (Å²) >= 11 is 0. The molecular weight excluding hydrogens is 316 g/mol. The molecule has 0 aliphatic rings. The molecule has 0 aliphatic heterocycles. The fraction of sp³-hybridized carbons (Fsp3) is 0.120. The van der Waals surface area contributed by atoms with Crippen molar-refractivity contribution >= 4 is 10.8 Å². The Morgan fingerprint density at radius 1 is 0.692 bits per heavy atom. The minimum atomic E-state index is 0.315. The summed E-state index contributed by atoms with van der Waals surface area (Å²) in [4.78, 5) is 0. The quantitative estimate of drug-likeness (QED) is 0.419.